The van der Waals surface area contributed by atoms with Gasteiger partial charge >= 0.3 is 0 Å². The molecule has 1 aliphatic rings. The molecule has 0 atom stereocenters. The van der Waals surface area contributed by atoms with Crippen molar-refractivity contribution in [2.24, 2.45) is 0 Å². The van der Waals surface area contributed by atoms with Gasteiger partial charge in [0.2, 0.25) is 0 Å². The highest BCUT2D eigenvalue weighted by molar-refractivity contribution is 7.13. The Morgan fingerprint density at radius 3 is 2.59 bits per heavy atom. The number of hydrogen-bond acceptors (Lipinski definition) is 5. The smallest absolute Gasteiger partial charge is 0.269 e. The van der Waals surface area contributed by atoms with Crippen LogP contribution in [0.2, 0.25) is 0 Å². The van der Waals surface area contributed by atoms with Gasteiger partial charge in [0.05, 0.1) is 17.0 Å². The van der Waals surface area contributed by atoms with Crippen LogP contribution in [0.3, 0.4) is 0 Å². The van der Waals surface area contributed by atoms with Gasteiger partial charge in [0.1, 0.15) is 5.69 Å². The number of nitrogens with one attached hydrogen (secondary N) is 1. The van der Waals surface area contributed by atoms with E-state index in [-0.39, 0.29) is 5.91 Å². The van der Waals surface area contributed by atoms with Gasteiger partial charge in [-0.05, 0) is 24.1 Å². The van der Waals surface area contributed by atoms with Gasteiger partial charge in [-0.25, -0.2) is 5.01 Å². The predicted octanol–water partition coefficient (Wildman–Crippen LogP) is 2.55. The van der Waals surface area contributed by atoms with Gasteiger partial charge in [-0.2, -0.15) is 5.10 Å². The molecule has 4 rings (SSSR count). The van der Waals surface area contributed by atoms with Gasteiger partial charge in [-0.15, -0.1) is 11.3 Å². The van der Waals surface area contributed by atoms with Crippen LogP contribution in [0, 0.1) is 0 Å². The second kappa shape index (κ2) is 8.04. The van der Waals surface area contributed by atoms with Crippen LogP contribution >= 0.6 is 11.3 Å². The first-order valence-electron chi connectivity index (χ1n) is 9.09. The monoisotopic (exact) mass is 381 g/mol. The summed E-state index contributed by atoms with van der Waals surface area (Å²) in [6.07, 6.45) is 1.85. The molecule has 0 spiro atoms. The topological polar surface area (TPSA) is 53.4 Å². The minimum atomic E-state index is -0.0951. The Kier molecular flexibility index (Phi) is 5.33. The third-order valence-electron chi connectivity index (χ3n) is 4.71. The molecule has 1 saturated heterocycles. The van der Waals surface area contributed by atoms with Crippen molar-refractivity contribution in [2.45, 2.75) is 6.54 Å². The number of thiophene rings is 1. The lowest BCUT2D eigenvalue weighted by Crippen LogP contribution is -2.52. The van der Waals surface area contributed by atoms with Gasteiger partial charge in [0.15, 0.2) is 0 Å². The van der Waals surface area contributed by atoms with Crippen molar-refractivity contribution in [2.75, 3.05) is 33.2 Å². The molecule has 1 fully saturated rings. The highest BCUT2D eigenvalue weighted by Gasteiger charge is 2.22. The Labute approximate surface area is 163 Å². The molecule has 0 aliphatic carbocycles. The van der Waals surface area contributed by atoms with Crippen LogP contribution in [-0.2, 0) is 6.54 Å². The molecular formula is C20H23N5OS. The predicted molar refractivity (Wildman–Crippen MR) is 108 cm³/mol. The summed E-state index contributed by atoms with van der Waals surface area (Å²) in [6, 6.07) is 14.1. The first-order valence-corrected chi connectivity index (χ1v) is 9.97. The molecule has 27 heavy (non-hydrogen) atoms. The lowest BCUT2D eigenvalue weighted by atomic mass is 10.2. The van der Waals surface area contributed by atoms with Crippen molar-refractivity contribution < 1.29 is 4.79 Å². The van der Waals surface area contributed by atoms with Crippen LogP contribution in [-0.4, -0.2) is 58.8 Å². The van der Waals surface area contributed by atoms with Crippen LogP contribution in [0.1, 0.15) is 15.9 Å². The third-order valence-corrected chi connectivity index (χ3v) is 5.59. The lowest BCUT2D eigenvalue weighted by molar-refractivity contribution is 0.0663. The molecule has 2 aromatic heterocycles. The van der Waals surface area contributed by atoms with E-state index in [2.05, 4.69) is 29.5 Å². The number of carbonyl (C=O) groups is 1. The Hall–Kier alpha value is -2.48. The Balaban J connectivity index is 1.57. The number of hydrazine groups is 1. The number of likely N-dealkylation sites (N-methyl/N-ethyl adjacent to an activating group) is 1. The summed E-state index contributed by atoms with van der Waals surface area (Å²) in [4.78, 5) is 16.2. The van der Waals surface area contributed by atoms with E-state index in [1.54, 1.807) is 11.3 Å². The number of nitrogens with zero attached hydrogens (tertiary/aromatic N) is 4. The van der Waals surface area contributed by atoms with Crippen LogP contribution in [0.25, 0.3) is 10.6 Å². The number of amides is 1. The Morgan fingerprint density at radius 2 is 1.89 bits per heavy atom. The average molecular weight is 382 g/mol. The second-order valence-electron chi connectivity index (χ2n) is 6.78. The number of piperazine rings is 1. The summed E-state index contributed by atoms with van der Waals surface area (Å²) in [5, 5.41) is 8.72. The van der Waals surface area contributed by atoms with Crippen molar-refractivity contribution in [3.8, 4) is 10.6 Å². The standard InChI is InChI=1S/C20H23N5OS/c1-23-9-11-24(12-10-23)22-20(26)17-15-25(14-16-6-3-2-4-7-16)21-19(17)18-8-5-13-27-18/h2-8,13,15H,9-12,14H2,1H3,(H,22,26). The maximum atomic E-state index is 13.0. The molecule has 0 radical (unpaired) electrons. The minimum absolute atomic E-state index is 0.0951. The first-order chi connectivity index (χ1) is 13.2. The van der Waals surface area contributed by atoms with Crippen molar-refractivity contribution in [1.82, 2.24) is 25.1 Å². The summed E-state index contributed by atoms with van der Waals surface area (Å²) in [5.74, 6) is -0.0951. The molecule has 1 aliphatic heterocycles. The van der Waals surface area contributed by atoms with Crippen LogP contribution in [0.15, 0.2) is 54.0 Å². The van der Waals surface area contributed by atoms with E-state index in [9.17, 15) is 4.79 Å². The summed E-state index contributed by atoms with van der Waals surface area (Å²) in [6.45, 7) is 4.20. The average Bonchev–Trinajstić information content (AvgIpc) is 3.34. The lowest BCUT2D eigenvalue weighted by Gasteiger charge is -2.32. The second-order valence-corrected chi connectivity index (χ2v) is 7.73. The first kappa shape index (κ1) is 17.9. The van der Waals surface area contributed by atoms with E-state index in [1.807, 2.05) is 51.6 Å². The number of aromatic nitrogens is 2. The molecule has 7 heteroatoms. The molecule has 0 saturated carbocycles. The normalized spacial score (nSPS) is 15.7. The van der Waals surface area contributed by atoms with Crippen molar-refractivity contribution in [3.05, 3.63) is 65.2 Å². The fourth-order valence-electron chi connectivity index (χ4n) is 3.16. The maximum Gasteiger partial charge on any atom is 0.269 e. The maximum absolute atomic E-state index is 13.0. The zero-order chi connectivity index (χ0) is 18.6. The van der Waals surface area contributed by atoms with Crippen LogP contribution < -0.4 is 5.43 Å². The number of benzene rings is 1. The zero-order valence-electron chi connectivity index (χ0n) is 15.3. The quantitative estimate of drug-likeness (QED) is 0.738. The van der Waals surface area contributed by atoms with Crippen LogP contribution in [0.4, 0.5) is 0 Å². The third kappa shape index (κ3) is 4.27. The summed E-state index contributed by atoms with van der Waals surface area (Å²) >= 11 is 1.60. The molecule has 3 heterocycles. The molecule has 3 aromatic rings. The van der Waals surface area contributed by atoms with E-state index in [1.165, 1.54) is 0 Å². The van der Waals surface area contributed by atoms with Crippen molar-refractivity contribution >= 4 is 17.2 Å². The van der Waals surface area contributed by atoms with Crippen molar-refractivity contribution in [1.29, 1.82) is 0 Å². The minimum Gasteiger partial charge on any atom is -0.304 e. The van der Waals surface area contributed by atoms with E-state index in [0.717, 1.165) is 42.3 Å². The zero-order valence-corrected chi connectivity index (χ0v) is 16.2. The highest BCUT2D eigenvalue weighted by Crippen LogP contribution is 2.27. The van der Waals surface area contributed by atoms with Gasteiger partial charge in [0, 0.05) is 32.4 Å². The van der Waals surface area contributed by atoms with E-state index < -0.39 is 0 Å². The van der Waals surface area contributed by atoms with Crippen molar-refractivity contribution in [3.63, 3.8) is 0 Å². The summed E-state index contributed by atoms with van der Waals surface area (Å²) in [7, 11) is 2.10. The fraction of sp³-hybridized carbons (Fsp3) is 0.300. The van der Waals surface area contributed by atoms with E-state index >= 15 is 0 Å². The summed E-state index contributed by atoms with van der Waals surface area (Å²) < 4.78 is 1.85. The van der Waals surface area contributed by atoms with Gasteiger partial charge in [0.25, 0.3) is 5.91 Å². The molecular weight excluding hydrogens is 358 g/mol. The SMILES string of the molecule is CN1CCN(NC(=O)c2cn(Cc3ccccc3)nc2-c2cccs2)CC1. The van der Waals surface area contributed by atoms with Crippen LogP contribution in [0.5, 0.6) is 0 Å². The fourth-order valence-corrected chi connectivity index (χ4v) is 3.88. The largest absolute Gasteiger partial charge is 0.304 e. The van der Waals surface area contributed by atoms with E-state index in [0.29, 0.717) is 12.1 Å². The molecule has 1 N–H and O–H groups in total. The van der Waals surface area contributed by atoms with E-state index in [4.69, 9.17) is 5.10 Å². The molecule has 0 unspecified atom stereocenters. The number of hydrogen-bond donors (Lipinski definition) is 1. The Morgan fingerprint density at radius 1 is 1.11 bits per heavy atom. The molecule has 6 nitrogen and oxygen atoms in total. The van der Waals surface area contributed by atoms with Gasteiger partial charge < -0.3 is 4.90 Å². The number of carbonyl (C=O) groups excluding carboxylic acids is 1. The highest BCUT2D eigenvalue weighted by atomic mass is 32.1. The molecule has 0 bridgehead atoms. The number of rotatable bonds is 5. The molecule has 1 amide bonds. The van der Waals surface area contributed by atoms with Gasteiger partial charge in [-0.1, -0.05) is 36.4 Å². The molecule has 140 valence electrons. The molecule has 1 aromatic carbocycles. The summed E-state index contributed by atoms with van der Waals surface area (Å²) in [5.41, 5.74) is 5.57. The van der Waals surface area contributed by atoms with Gasteiger partial charge in [-0.3, -0.25) is 14.9 Å². The Bertz CT molecular complexity index is 883.